The molecule has 1 atom stereocenters. The van der Waals surface area contributed by atoms with Crippen LogP contribution >= 0.6 is 11.3 Å². The van der Waals surface area contributed by atoms with Gasteiger partial charge in [-0.25, -0.2) is 25.7 Å². The first-order valence-corrected chi connectivity index (χ1v) is 15.3. The van der Waals surface area contributed by atoms with Crippen molar-refractivity contribution in [2.45, 2.75) is 55.2 Å². The maximum atomic E-state index is 13.4. The van der Waals surface area contributed by atoms with E-state index in [1.54, 1.807) is 17.8 Å². The minimum atomic E-state index is -4.10. The molecule has 2 aliphatic rings. The highest BCUT2D eigenvalue weighted by Crippen LogP contribution is 2.40. The molecule has 2 aromatic heterocycles. The summed E-state index contributed by atoms with van der Waals surface area (Å²) in [6.07, 6.45) is 0.490. The van der Waals surface area contributed by atoms with Gasteiger partial charge in [0.05, 0.1) is 27.5 Å². The highest BCUT2D eigenvalue weighted by molar-refractivity contribution is 7.89. The highest BCUT2D eigenvalue weighted by atomic mass is 32.2. The first-order valence-electron chi connectivity index (χ1n) is 11.9. The number of sulfonamides is 1. The van der Waals surface area contributed by atoms with Crippen molar-refractivity contribution in [3.63, 3.8) is 0 Å². The van der Waals surface area contributed by atoms with Gasteiger partial charge in [-0.15, -0.1) is 10.2 Å². The van der Waals surface area contributed by atoms with Crippen LogP contribution in [0.25, 0.3) is 27.2 Å². The molecule has 0 amide bonds. The van der Waals surface area contributed by atoms with Crippen LogP contribution in [0.5, 0.6) is 0 Å². The molecule has 1 aliphatic heterocycles. The van der Waals surface area contributed by atoms with Crippen molar-refractivity contribution < 1.29 is 21.4 Å². The predicted molar refractivity (Wildman–Crippen MR) is 140 cm³/mol. The van der Waals surface area contributed by atoms with E-state index in [4.69, 9.17) is 0 Å². The third-order valence-corrected chi connectivity index (χ3v) is 10.6. The topological polar surface area (TPSA) is 134 Å². The largest absolute Gasteiger partial charge is 0.291 e. The van der Waals surface area contributed by atoms with Gasteiger partial charge >= 0.3 is 0 Å². The van der Waals surface area contributed by atoms with Crippen molar-refractivity contribution in [1.82, 2.24) is 29.0 Å². The number of nitriles is 1. The fraction of sp³-hybridized carbons (Fsp3) is 0.478. The van der Waals surface area contributed by atoms with Crippen LogP contribution in [-0.2, 0) is 28.1 Å². The first-order chi connectivity index (χ1) is 17.9. The minimum absolute atomic E-state index is 0.0317. The Hall–Kier alpha value is -2.64. The van der Waals surface area contributed by atoms with E-state index in [2.05, 4.69) is 20.0 Å². The zero-order valence-corrected chi connectivity index (χ0v) is 23.3. The average Bonchev–Trinajstić information content (AvgIpc) is 3.31. The molecule has 15 heteroatoms. The number of fused-ring (bicyclic) bond motifs is 1. The van der Waals surface area contributed by atoms with E-state index >= 15 is 0 Å². The Bertz CT molecular complexity index is 1620. The number of aryl methyl sites for hydroxylation is 1. The van der Waals surface area contributed by atoms with Gasteiger partial charge in [-0.2, -0.15) is 15.1 Å². The molecule has 202 valence electrons. The van der Waals surface area contributed by atoms with Gasteiger partial charge in [0, 0.05) is 36.3 Å². The average molecular weight is 582 g/mol. The summed E-state index contributed by atoms with van der Waals surface area (Å²) in [6, 6.07) is 5.02. The summed E-state index contributed by atoms with van der Waals surface area (Å²) in [5.41, 5.74) is 1.19. The van der Waals surface area contributed by atoms with Gasteiger partial charge in [0.15, 0.2) is 10.0 Å². The molecule has 0 radical (unpaired) electrons. The Kier molecular flexibility index (Phi) is 6.97. The molecule has 0 saturated heterocycles. The SMILES string of the molecule is CC(C)S(=O)N1CC=C(c2cc(S(=O)(=O)NC3(C#N)CC3)cc3c(-c4nnc(C(F)F)s4)nn(C)c23)CC1. The van der Waals surface area contributed by atoms with E-state index in [1.165, 1.54) is 6.07 Å². The molecule has 3 aromatic rings. The summed E-state index contributed by atoms with van der Waals surface area (Å²) in [5.74, 6) is 0. The Morgan fingerprint density at radius 3 is 2.55 bits per heavy atom. The van der Waals surface area contributed by atoms with E-state index in [1.807, 2.05) is 30.3 Å². The van der Waals surface area contributed by atoms with Crippen molar-refractivity contribution >= 4 is 48.8 Å². The van der Waals surface area contributed by atoms with Crippen molar-refractivity contribution in [3.05, 3.63) is 28.8 Å². The van der Waals surface area contributed by atoms with Crippen LogP contribution in [0.2, 0.25) is 0 Å². The number of hydrogen-bond acceptors (Lipinski definition) is 8. The lowest BCUT2D eigenvalue weighted by Gasteiger charge is -2.27. The second-order valence-corrected chi connectivity index (χ2v) is 14.3. The van der Waals surface area contributed by atoms with Gasteiger partial charge in [0.2, 0.25) is 10.0 Å². The van der Waals surface area contributed by atoms with E-state index in [0.717, 1.165) is 5.57 Å². The summed E-state index contributed by atoms with van der Waals surface area (Å²) in [4.78, 5) is -0.0662. The van der Waals surface area contributed by atoms with E-state index < -0.39 is 38.0 Å². The number of alkyl halides is 2. The van der Waals surface area contributed by atoms with Crippen molar-refractivity contribution in [2.75, 3.05) is 13.1 Å². The minimum Gasteiger partial charge on any atom is -0.267 e. The number of hydrogen-bond donors (Lipinski definition) is 1. The number of halogens is 2. The Labute approximate surface area is 225 Å². The fourth-order valence-corrected chi connectivity index (χ4v) is 7.62. The van der Waals surface area contributed by atoms with Gasteiger partial charge < -0.3 is 0 Å². The van der Waals surface area contributed by atoms with Crippen LogP contribution in [0.1, 0.15) is 50.1 Å². The smallest absolute Gasteiger partial charge is 0.267 e. The number of nitrogens with zero attached hydrogens (tertiary/aromatic N) is 6. The zero-order valence-electron chi connectivity index (χ0n) is 20.8. The van der Waals surface area contributed by atoms with Gasteiger partial charge in [-0.3, -0.25) is 4.68 Å². The Morgan fingerprint density at radius 2 is 2.00 bits per heavy atom. The number of nitrogens with one attached hydrogen (secondary N) is 1. The molecule has 0 spiro atoms. The quantitative estimate of drug-likeness (QED) is 0.430. The summed E-state index contributed by atoms with van der Waals surface area (Å²) < 4.78 is 71.8. The predicted octanol–water partition coefficient (Wildman–Crippen LogP) is 3.53. The summed E-state index contributed by atoms with van der Waals surface area (Å²) in [7, 11) is -3.56. The molecule has 1 unspecified atom stereocenters. The monoisotopic (exact) mass is 581 g/mol. The highest BCUT2D eigenvalue weighted by Gasteiger charge is 2.47. The van der Waals surface area contributed by atoms with Gasteiger partial charge in [0.25, 0.3) is 6.43 Å². The molecule has 1 N–H and O–H groups in total. The van der Waals surface area contributed by atoms with Gasteiger partial charge in [0.1, 0.15) is 11.2 Å². The number of aromatic nitrogens is 4. The molecule has 1 aliphatic carbocycles. The van der Waals surface area contributed by atoms with Crippen molar-refractivity contribution in [2.24, 2.45) is 7.05 Å². The van der Waals surface area contributed by atoms with Gasteiger partial charge in [-0.1, -0.05) is 17.4 Å². The van der Waals surface area contributed by atoms with E-state index in [9.17, 15) is 26.7 Å². The summed E-state index contributed by atoms with van der Waals surface area (Å²) >= 11 is 0.696. The molecule has 1 saturated carbocycles. The fourth-order valence-electron chi connectivity index (χ4n) is 4.40. The molecule has 1 fully saturated rings. The molecule has 3 heterocycles. The van der Waals surface area contributed by atoms with E-state index in [-0.39, 0.29) is 20.8 Å². The zero-order chi connectivity index (χ0) is 27.4. The van der Waals surface area contributed by atoms with Crippen LogP contribution in [-0.4, -0.2) is 60.8 Å². The molecule has 5 rings (SSSR count). The van der Waals surface area contributed by atoms with Crippen molar-refractivity contribution in [1.29, 1.82) is 5.26 Å². The lowest BCUT2D eigenvalue weighted by Crippen LogP contribution is -2.35. The lowest BCUT2D eigenvalue weighted by atomic mass is 9.97. The Morgan fingerprint density at radius 1 is 1.26 bits per heavy atom. The standard InChI is InChI=1S/C23H25F2N7O3S3/c1-13(2)37(33)32-8-4-14(5-9-32)16-10-15(38(34,35)30-23(12-26)6-7-23)11-17-18(29-31(3)19(16)17)21-27-28-22(36-21)20(24)25/h4,10-11,13,20,30H,5-9H2,1-3H3. The van der Waals surface area contributed by atoms with Crippen LogP contribution < -0.4 is 4.72 Å². The van der Waals surface area contributed by atoms with Crippen LogP contribution in [0.4, 0.5) is 8.78 Å². The van der Waals surface area contributed by atoms with Crippen LogP contribution in [0.15, 0.2) is 23.1 Å². The van der Waals surface area contributed by atoms with Crippen LogP contribution in [0.3, 0.4) is 0 Å². The van der Waals surface area contributed by atoms with E-state index in [0.29, 0.717) is 60.2 Å². The second kappa shape index (κ2) is 9.83. The normalized spacial score (nSPS) is 18.6. The molecule has 38 heavy (non-hydrogen) atoms. The number of benzene rings is 1. The molecule has 0 bridgehead atoms. The maximum Gasteiger partial charge on any atom is 0.291 e. The molecular formula is C23H25F2N7O3S3. The number of rotatable bonds is 8. The third-order valence-electron chi connectivity index (χ3n) is 6.52. The lowest BCUT2D eigenvalue weighted by molar-refractivity contribution is 0.150. The maximum absolute atomic E-state index is 13.4. The second-order valence-electron chi connectivity index (χ2n) is 9.58. The van der Waals surface area contributed by atoms with Crippen LogP contribution in [0, 0.1) is 11.3 Å². The molecular weight excluding hydrogens is 556 g/mol. The Balaban J connectivity index is 1.67. The first kappa shape index (κ1) is 26.9. The molecule has 10 nitrogen and oxygen atoms in total. The third kappa shape index (κ3) is 4.91. The molecule has 1 aromatic carbocycles. The van der Waals surface area contributed by atoms with Gasteiger partial charge in [-0.05, 0) is 50.8 Å². The summed E-state index contributed by atoms with van der Waals surface area (Å²) in [6.45, 7) is 4.72. The van der Waals surface area contributed by atoms with Crippen molar-refractivity contribution in [3.8, 4) is 16.8 Å². The summed E-state index contributed by atoms with van der Waals surface area (Å²) in [5, 5.41) is 21.5.